The van der Waals surface area contributed by atoms with Crippen LogP contribution in [0.5, 0.6) is 0 Å². The molecule has 0 aromatic heterocycles. The van der Waals surface area contributed by atoms with Gasteiger partial charge in [0.25, 0.3) is 0 Å². The van der Waals surface area contributed by atoms with Gasteiger partial charge < -0.3 is 4.74 Å². The first-order valence-electron chi connectivity index (χ1n) is 4.06. The van der Waals surface area contributed by atoms with E-state index in [0.717, 1.165) is 0 Å². The van der Waals surface area contributed by atoms with Crippen LogP contribution in [-0.2, 0) is 9.53 Å². The third-order valence-corrected chi connectivity index (χ3v) is 4.77. The molecule has 0 rings (SSSR count). The zero-order valence-electron chi connectivity index (χ0n) is 8.10. The van der Waals surface area contributed by atoms with Crippen molar-refractivity contribution < 1.29 is 9.53 Å². The molecule has 0 unspecified atom stereocenters. The Morgan fingerprint density at radius 1 is 1.45 bits per heavy atom. The Bertz CT molecular complexity index is 138. The van der Waals surface area contributed by atoms with Gasteiger partial charge in [-0.1, -0.05) is 26.6 Å². The van der Waals surface area contributed by atoms with Crippen LogP contribution < -0.4 is 0 Å². The van der Waals surface area contributed by atoms with Crippen LogP contribution in [-0.4, -0.2) is 20.7 Å². The van der Waals surface area contributed by atoms with E-state index in [2.05, 4.69) is 19.6 Å². The van der Waals surface area contributed by atoms with E-state index in [-0.39, 0.29) is 11.5 Å². The lowest BCUT2D eigenvalue weighted by molar-refractivity contribution is -0.142. The van der Waals surface area contributed by atoms with Crippen molar-refractivity contribution in [2.75, 3.05) is 6.61 Å². The third-order valence-electron chi connectivity index (χ3n) is 1.94. The first-order valence-corrected chi connectivity index (χ1v) is 7.64. The Kier molecular flexibility index (Phi) is 3.79. The second-order valence-electron chi connectivity index (χ2n) is 3.84. The van der Waals surface area contributed by atoms with Gasteiger partial charge in [-0.25, -0.2) is 0 Å². The molecule has 0 aromatic carbocycles. The molecule has 0 spiro atoms. The maximum Gasteiger partial charge on any atom is 0.305 e. The first-order chi connectivity index (χ1) is 4.89. The maximum absolute atomic E-state index is 11.2. The Morgan fingerprint density at radius 2 is 1.91 bits per heavy atom. The minimum atomic E-state index is -1.34. The molecule has 0 N–H and O–H groups in total. The summed E-state index contributed by atoms with van der Waals surface area (Å²) in [7, 11) is -1.34. The summed E-state index contributed by atoms with van der Waals surface area (Å²) in [6, 6.07) is 0. The topological polar surface area (TPSA) is 26.3 Å². The fraction of sp³-hybridized carbons (Fsp3) is 0.875. The SMILES string of the molecule is CCOC(=O)[C@H](C)[Si](C)(C)C. The Balaban J connectivity index is 4.03. The maximum atomic E-state index is 11.2. The van der Waals surface area contributed by atoms with Crippen molar-refractivity contribution in [3.05, 3.63) is 0 Å². The number of ether oxygens (including phenoxy) is 1. The summed E-state index contributed by atoms with van der Waals surface area (Å²) in [5.41, 5.74) is 0.113. The van der Waals surface area contributed by atoms with Crippen molar-refractivity contribution in [2.45, 2.75) is 39.0 Å². The van der Waals surface area contributed by atoms with Crippen molar-refractivity contribution in [3.63, 3.8) is 0 Å². The molecular formula is C8H18O2Si. The molecule has 1 atom stereocenters. The van der Waals surface area contributed by atoms with Crippen LogP contribution in [0.4, 0.5) is 0 Å². The van der Waals surface area contributed by atoms with E-state index in [1.807, 2.05) is 13.8 Å². The van der Waals surface area contributed by atoms with Gasteiger partial charge in [-0.05, 0) is 6.92 Å². The van der Waals surface area contributed by atoms with Gasteiger partial charge in [0.2, 0.25) is 0 Å². The highest BCUT2D eigenvalue weighted by Crippen LogP contribution is 2.21. The number of carbonyl (C=O) groups is 1. The molecule has 0 aromatic rings. The van der Waals surface area contributed by atoms with Crippen LogP contribution in [0.15, 0.2) is 0 Å². The van der Waals surface area contributed by atoms with Crippen molar-refractivity contribution in [1.29, 1.82) is 0 Å². The average molecular weight is 174 g/mol. The van der Waals surface area contributed by atoms with E-state index < -0.39 is 8.07 Å². The molecule has 3 heteroatoms. The molecule has 0 amide bonds. The number of hydrogen-bond acceptors (Lipinski definition) is 2. The molecule has 66 valence electrons. The quantitative estimate of drug-likeness (QED) is 0.484. The highest BCUT2D eigenvalue weighted by Gasteiger charge is 2.29. The summed E-state index contributed by atoms with van der Waals surface area (Å²) in [6.07, 6.45) is 0. The molecule has 0 saturated carbocycles. The van der Waals surface area contributed by atoms with Gasteiger partial charge in [0, 0.05) is 5.54 Å². The highest BCUT2D eigenvalue weighted by atomic mass is 28.3. The van der Waals surface area contributed by atoms with E-state index in [1.54, 1.807) is 0 Å². The Hall–Kier alpha value is -0.313. The molecule has 0 heterocycles. The Labute approximate surface area is 69.9 Å². The fourth-order valence-electron chi connectivity index (χ4n) is 0.621. The third kappa shape index (κ3) is 3.56. The van der Waals surface area contributed by atoms with Crippen LogP contribution in [0.2, 0.25) is 25.2 Å². The summed E-state index contributed by atoms with van der Waals surface area (Å²) in [5, 5.41) is 0. The molecular weight excluding hydrogens is 156 g/mol. The van der Waals surface area contributed by atoms with Gasteiger partial charge >= 0.3 is 5.97 Å². The normalized spacial score (nSPS) is 14.3. The van der Waals surface area contributed by atoms with Gasteiger partial charge in [0.05, 0.1) is 14.7 Å². The van der Waals surface area contributed by atoms with Crippen LogP contribution in [0, 0.1) is 0 Å². The standard InChI is InChI=1S/C8H18O2Si/c1-6-10-8(9)7(2)11(3,4)5/h7H,6H2,1-5H3/t7-/m0/s1. The molecule has 0 aliphatic heterocycles. The Morgan fingerprint density at radius 3 is 2.18 bits per heavy atom. The number of carbonyl (C=O) groups excluding carboxylic acids is 1. The van der Waals surface area contributed by atoms with Crippen molar-refractivity contribution in [2.24, 2.45) is 0 Å². The summed E-state index contributed by atoms with van der Waals surface area (Å²) in [5.74, 6) is -0.0355. The fourth-order valence-corrected chi connectivity index (χ4v) is 1.41. The number of rotatable bonds is 3. The molecule has 2 nitrogen and oxygen atoms in total. The number of hydrogen-bond donors (Lipinski definition) is 0. The molecule has 11 heavy (non-hydrogen) atoms. The van der Waals surface area contributed by atoms with Crippen LogP contribution in [0.1, 0.15) is 13.8 Å². The van der Waals surface area contributed by atoms with Crippen LogP contribution >= 0.6 is 0 Å². The van der Waals surface area contributed by atoms with Crippen molar-refractivity contribution >= 4 is 14.0 Å². The van der Waals surface area contributed by atoms with Gasteiger partial charge in [-0.3, -0.25) is 4.79 Å². The molecule has 0 radical (unpaired) electrons. The number of esters is 1. The van der Waals surface area contributed by atoms with E-state index in [0.29, 0.717) is 6.61 Å². The smallest absolute Gasteiger partial charge is 0.305 e. The van der Waals surface area contributed by atoms with Gasteiger partial charge in [0.15, 0.2) is 0 Å². The van der Waals surface area contributed by atoms with Gasteiger partial charge in [-0.2, -0.15) is 0 Å². The molecule has 0 aliphatic rings. The van der Waals surface area contributed by atoms with E-state index in [9.17, 15) is 4.79 Å². The second kappa shape index (κ2) is 3.90. The molecule has 0 saturated heterocycles. The summed E-state index contributed by atoms with van der Waals surface area (Å²) in [4.78, 5) is 11.2. The lowest BCUT2D eigenvalue weighted by atomic mass is 10.5. The summed E-state index contributed by atoms with van der Waals surface area (Å²) in [6.45, 7) is 10.8. The predicted octanol–water partition coefficient (Wildman–Crippen LogP) is 2.28. The minimum Gasteiger partial charge on any atom is -0.466 e. The van der Waals surface area contributed by atoms with Gasteiger partial charge in [-0.15, -0.1) is 0 Å². The summed E-state index contributed by atoms with van der Waals surface area (Å²) < 4.78 is 4.93. The van der Waals surface area contributed by atoms with Gasteiger partial charge in [0.1, 0.15) is 0 Å². The first kappa shape index (κ1) is 10.7. The minimum absolute atomic E-state index is 0.0355. The van der Waals surface area contributed by atoms with Crippen molar-refractivity contribution in [1.82, 2.24) is 0 Å². The zero-order chi connectivity index (χ0) is 9.07. The lowest BCUT2D eigenvalue weighted by Gasteiger charge is -2.22. The lowest BCUT2D eigenvalue weighted by Crippen LogP contribution is -2.32. The average Bonchev–Trinajstić information content (AvgIpc) is 1.85. The second-order valence-corrected chi connectivity index (χ2v) is 9.44. The van der Waals surface area contributed by atoms with Crippen LogP contribution in [0.3, 0.4) is 0 Å². The molecule has 0 bridgehead atoms. The van der Waals surface area contributed by atoms with E-state index >= 15 is 0 Å². The largest absolute Gasteiger partial charge is 0.466 e. The monoisotopic (exact) mass is 174 g/mol. The summed E-state index contributed by atoms with van der Waals surface area (Å²) >= 11 is 0. The van der Waals surface area contributed by atoms with Crippen molar-refractivity contribution in [3.8, 4) is 0 Å². The molecule has 0 aliphatic carbocycles. The van der Waals surface area contributed by atoms with E-state index in [4.69, 9.17) is 4.74 Å². The highest BCUT2D eigenvalue weighted by molar-refractivity contribution is 6.80. The zero-order valence-corrected chi connectivity index (χ0v) is 9.10. The van der Waals surface area contributed by atoms with E-state index in [1.165, 1.54) is 0 Å². The van der Waals surface area contributed by atoms with Crippen LogP contribution in [0.25, 0.3) is 0 Å². The predicted molar refractivity (Wildman–Crippen MR) is 49.4 cm³/mol. The molecule has 0 fully saturated rings.